The van der Waals surface area contributed by atoms with E-state index in [-0.39, 0.29) is 6.10 Å². The Labute approximate surface area is 150 Å². The Morgan fingerprint density at radius 3 is 2.68 bits per heavy atom. The molecule has 0 aliphatic carbocycles. The first-order chi connectivity index (χ1) is 12.2. The molecule has 2 aromatic rings. The molecule has 134 valence electrons. The van der Waals surface area contributed by atoms with Crippen LogP contribution >= 0.6 is 0 Å². The molecule has 1 N–H and O–H groups in total. The fourth-order valence-corrected chi connectivity index (χ4v) is 2.85. The average Bonchev–Trinajstić information content (AvgIpc) is 3.14. The summed E-state index contributed by atoms with van der Waals surface area (Å²) in [7, 11) is 0. The summed E-state index contributed by atoms with van der Waals surface area (Å²) in [5, 5.41) is 3.37. The Bertz CT molecular complexity index is 663. The van der Waals surface area contributed by atoms with Gasteiger partial charge >= 0.3 is 0 Å². The standard InChI is InChI=1S/C21H27NO3/c1-16-5-6-17(2)21(14-16)24-13-11-22-18-7-9-19(10-8-18)25-15-20-4-3-12-23-20/h5-10,14,20,22H,3-4,11-13,15H2,1-2H3. The minimum absolute atomic E-state index is 0.250. The molecule has 0 amide bonds. The molecular formula is C21H27NO3. The van der Waals surface area contributed by atoms with Gasteiger partial charge in [0.2, 0.25) is 0 Å². The number of ether oxygens (including phenoxy) is 3. The summed E-state index contributed by atoms with van der Waals surface area (Å²) in [4.78, 5) is 0. The lowest BCUT2D eigenvalue weighted by Gasteiger charge is -2.13. The van der Waals surface area contributed by atoms with Crippen molar-refractivity contribution in [3.63, 3.8) is 0 Å². The number of hydrogen-bond acceptors (Lipinski definition) is 4. The summed E-state index contributed by atoms with van der Waals surface area (Å²) < 4.78 is 17.2. The summed E-state index contributed by atoms with van der Waals surface area (Å²) in [5.41, 5.74) is 3.44. The second kappa shape index (κ2) is 8.77. The van der Waals surface area contributed by atoms with Crippen molar-refractivity contribution in [1.82, 2.24) is 0 Å². The molecule has 0 radical (unpaired) electrons. The van der Waals surface area contributed by atoms with Gasteiger partial charge in [0.1, 0.15) is 24.7 Å². The first-order valence-electron chi connectivity index (χ1n) is 8.99. The van der Waals surface area contributed by atoms with E-state index in [4.69, 9.17) is 14.2 Å². The topological polar surface area (TPSA) is 39.7 Å². The summed E-state index contributed by atoms with van der Waals surface area (Å²) in [6.45, 7) is 7.02. The van der Waals surface area contributed by atoms with Gasteiger partial charge in [0.25, 0.3) is 0 Å². The van der Waals surface area contributed by atoms with Crippen molar-refractivity contribution in [2.75, 3.05) is 31.7 Å². The minimum Gasteiger partial charge on any atom is -0.491 e. The summed E-state index contributed by atoms with van der Waals surface area (Å²) in [6, 6.07) is 14.3. The van der Waals surface area contributed by atoms with Crippen LogP contribution in [0.4, 0.5) is 5.69 Å². The maximum atomic E-state index is 5.86. The molecule has 1 saturated heterocycles. The highest BCUT2D eigenvalue weighted by molar-refractivity contribution is 5.46. The van der Waals surface area contributed by atoms with E-state index in [1.807, 2.05) is 24.3 Å². The van der Waals surface area contributed by atoms with Crippen molar-refractivity contribution >= 4 is 5.69 Å². The molecule has 0 bridgehead atoms. The number of anilines is 1. The van der Waals surface area contributed by atoms with Crippen molar-refractivity contribution in [3.05, 3.63) is 53.6 Å². The van der Waals surface area contributed by atoms with E-state index in [0.29, 0.717) is 13.2 Å². The van der Waals surface area contributed by atoms with Gasteiger partial charge in [-0.05, 0) is 68.1 Å². The minimum atomic E-state index is 0.250. The van der Waals surface area contributed by atoms with Crippen LogP contribution in [-0.2, 0) is 4.74 Å². The van der Waals surface area contributed by atoms with E-state index in [1.54, 1.807) is 0 Å². The van der Waals surface area contributed by atoms with Crippen LogP contribution in [-0.4, -0.2) is 32.5 Å². The maximum absolute atomic E-state index is 5.86. The van der Waals surface area contributed by atoms with Crippen molar-refractivity contribution in [2.24, 2.45) is 0 Å². The highest BCUT2D eigenvalue weighted by atomic mass is 16.5. The van der Waals surface area contributed by atoms with Gasteiger partial charge in [-0.15, -0.1) is 0 Å². The average molecular weight is 341 g/mol. The maximum Gasteiger partial charge on any atom is 0.122 e. The van der Waals surface area contributed by atoms with E-state index < -0.39 is 0 Å². The summed E-state index contributed by atoms with van der Waals surface area (Å²) in [5.74, 6) is 1.84. The monoisotopic (exact) mass is 341 g/mol. The lowest BCUT2D eigenvalue weighted by atomic mass is 10.1. The fourth-order valence-electron chi connectivity index (χ4n) is 2.85. The third kappa shape index (κ3) is 5.40. The van der Waals surface area contributed by atoms with Crippen molar-refractivity contribution < 1.29 is 14.2 Å². The molecular weight excluding hydrogens is 314 g/mol. The van der Waals surface area contributed by atoms with Gasteiger partial charge < -0.3 is 19.5 Å². The molecule has 1 unspecified atom stereocenters. The first kappa shape index (κ1) is 17.6. The second-order valence-electron chi connectivity index (χ2n) is 6.51. The molecule has 0 spiro atoms. The van der Waals surface area contributed by atoms with Gasteiger partial charge in [0, 0.05) is 18.8 Å². The van der Waals surface area contributed by atoms with Crippen LogP contribution in [0.15, 0.2) is 42.5 Å². The van der Waals surface area contributed by atoms with Gasteiger partial charge in [-0.2, -0.15) is 0 Å². The molecule has 25 heavy (non-hydrogen) atoms. The molecule has 1 fully saturated rings. The Morgan fingerprint density at radius 2 is 1.92 bits per heavy atom. The quantitative estimate of drug-likeness (QED) is 0.725. The lowest BCUT2D eigenvalue weighted by Crippen LogP contribution is -2.16. The molecule has 1 aliphatic heterocycles. The molecule has 1 atom stereocenters. The fraction of sp³-hybridized carbons (Fsp3) is 0.429. The largest absolute Gasteiger partial charge is 0.491 e. The number of hydrogen-bond donors (Lipinski definition) is 1. The molecule has 1 heterocycles. The molecule has 0 saturated carbocycles. The van der Waals surface area contributed by atoms with Gasteiger partial charge in [-0.25, -0.2) is 0 Å². The number of benzene rings is 2. The van der Waals surface area contributed by atoms with Crippen LogP contribution in [0.2, 0.25) is 0 Å². The zero-order valence-electron chi connectivity index (χ0n) is 15.1. The SMILES string of the molecule is Cc1ccc(C)c(OCCNc2ccc(OCC3CCCO3)cc2)c1. The molecule has 2 aromatic carbocycles. The molecule has 4 heteroatoms. The molecule has 4 nitrogen and oxygen atoms in total. The van der Waals surface area contributed by atoms with Crippen LogP contribution < -0.4 is 14.8 Å². The smallest absolute Gasteiger partial charge is 0.122 e. The van der Waals surface area contributed by atoms with Gasteiger partial charge in [-0.3, -0.25) is 0 Å². The Balaban J connectivity index is 1.38. The summed E-state index contributed by atoms with van der Waals surface area (Å²) >= 11 is 0. The highest BCUT2D eigenvalue weighted by Crippen LogP contribution is 2.20. The van der Waals surface area contributed by atoms with Crippen LogP contribution in [0.5, 0.6) is 11.5 Å². The normalized spacial score (nSPS) is 16.6. The van der Waals surface area contributed by atoms with Crippen molar-refractivity contribution in [1.29, 1.82) is 0 Å². The van der Waals surface area contributed by atoms with Gasteiger partial charge in [0.15, 0.2) is 0 Å². The Hall–Kier alpha value is -2.20. The Morgan fingerprint density at radius 1 is 1.08 bits per heavy atom. The van der Waals surface area contributed by atoms with Crippen molar-refractivity contribution in [2.45, 2.75) is 32.8 Å². The predicted molar refractivity (Wildman–Crippen MR) is 101 cm³/mol. The van der Waals surface area contributed by atoms with E-state index in [2.05, 4.69) is 37.4 Å². The molecule has 3 rings (SSSR count). The van der Waals surface area contributed by atoms with E-state index in [0.717, 1.165) is 43.2 Å². The lowest BCUT2D eigenvalue weighted by molar-refractivity contribution is 0.0679. The highest BCUT2D eigenvalue weighted by Gasteiger charge is 2.15. The van der Waals surface area contributed by atoms with Crippen LogP contribution in [0, 0.1) is 13.8 Å². The van der Waals surface area contributed by atoms with Crippen molar-refractivity contribution in [3.8, 4) is 11.5 Å². The predicted octanol–water partition coefficient (Wildman–Crippen LogP) is 4.35. The number of nitrogens with one attached hydrogen (secondary N) is 1. The van der Waals surface area contributed by atoms with Crippen LogP contribution in [0.1, 0.15) is 24.0 Å². The number of aryl methyl sites for hydroxylation is 2. The van der Waals surface area contributed by atoms with E-state index in [9.17, 15) is 0 Å². The van der Waals surface area contributed by atoms with Crippen LogP contribution in [0.25, 0.3) is 0 Å². The van der Waals surface area contributed by atoms with E-state index in [1.165, 1.54) is 11.1 Å². The second-order valence-corrected chi connectivity index (χ2v) is 6.51. The third-order valence-electron chi connectivity index (χ3n) is 4.35. The van der Waals surface area contributed by atoms with Gasteiger partial charge in [0.05, 0.1) is 6.10 Å². The molecule has 1 aliphatic rings. The van der Waals surface area contributed by atoms with Gasteiger partial charge in [-0.1, -0.05) is 12.1 Å². The Kier molecular flexibility index (Phi) is 6.18. The third-order valence-corrected chi connectivity index (χ3v) is 4.35. The first-order valence-corrected chi connectivity index (χ1v) is 8.99. The van der Waals surface area contributed by atoms with Crippen LogP contribution in [0.3, 0.4) is 0 Å². The van der Waals surface area contributed by atoms with E-state index >= 15 is 0 Å². The zero-order chi connectivity index (χ0) is 17.5. The zero-order valence-corrected chi connectivity index (χ0v) is 15.1. The summed E-state index contributed by atoms with van der Waals surface area (Å²) in [6.07, 6.45) is 2.49. The molecule has 0 aromatic heterocycles. The number of rotatable bonds is 8.